The van der Waals surface area contributed by atoms with Gasteiger partial charge in [0.1, 0.15) is 0 Å². The number of aromatic nitrogens is 3. The summed E-state index contributed by atoms with van der Waals surface area (Å²) in [5, 5.41) is 12.5. The molecular formula is C12H21N7O. The zero-order valence-corrected chi connectivity index (χ0v) is 11.5. The fourth-order valence-electron chi connectivity index (χ4n) is 2.40. The van der Waals surface area contributed by atoms with Gasteiger partial charge in [0.15, 0.2) is 0 Å². The number of nitrogens with zero attached hydrogens (tertiary/aromatic N) is 4. The highest BCUT2D eigenvalue weighted by atomic mass is 16.3. The molecule has 1 saturated carbocycles. The summed E-state index contributed by atoms with van der Waals surface area (Å²) in [6.07, 6.45) is 4.41. The molecule has 0 unspecified atom stereocenters. The standard InChI is InChI=1S/C12H21N7O/c13-18-10-15-9(14-7-12(8-20)3-4-12)16-11(17-10)19-5-1-2-6-19/h20H,1-8,13H2,(H2,14,15,16,17,18). The Morgan fingerprint density at radius 3 is 2.45 bits per heavy atom. The molecule has 0 atom stereocenters. The van der Waals surface area contributed by atoms with E-state index in [-0.39, 0.29) is 12.0 Å². The van der Waals surface area contributed by atoms with Gasteiger partial charge in [0.05, 0.1) is 6.61 Å². The van der Waals surface area contributed by atoms with Crippen LogP contribution < -0.4 is 21.5 Å². The molecule has 3 rings (SSSR count). The van der Waals surface area contributed by atoms with E-state index in [0.29, 0.717) is 24.4 Å². The fraction of sp³-hybridized carbons (Fsp3) is 0.750. The van der Waals surface area contributed by atoms with Crippen LogP contribution in [0.2, 0.25) is 0 Å². The highest BCUT2D eigenvalue weighted by Gasteiger charge is 2.41. The van der Waals surface area contributed by atoms with E-state index in [2.05, 4.69) is 30.6 Å². The summed E-state index contributed by atoms with van der Waals surface area (Å²) < 4.78 is 0. The number of hydrogen-bond acceptors (Lipinski definition) is 8. The van der Waals surface area contributed by atoms with Crippen molar-refractivity contribution in [2.24, 2.45) is 11.3 Å². The number of anilines is 3. The van der Waals surface area contributed by atoms with Crippen LogP contribution in [0, 0.1) is 5.41 Å². The SMILES string of the molecule is NNc1nc(NCC2(CO)CC2)nc(N2CCCC2)n1. The number of aliphatic hydroxyl groups excluding tert-OH is 1. The topological polar surface area (TPSA) is 112 Å². The first-order valence-electron chi connectivity index (χ1n) is 7.07. The lowest BCUT2D eigenvalue weighted by Crippen LogP contribution is -2.25. The van der Waals surface area contributed by atoms with E-state index in [4.69, 9.17) is 5.84 Å². The van der Waals surface area contributed by atoms with Gasteiger partial charge in [0.2, 0.25) is 17.8 Å². The van der Waals surface area contributed by atoms with Gasteiger partial charge >= 0.3 is 0 Å². The predicted molar refractivity (Wildman–Crippen MR) is 76.3 cm³/mol. The van der Waals surface area contributed by atoms with Crippen molar-refractivity contribution in [3.8, 4) is 0 Å². The molecule has 8 nitrogen and oxygen atoms in total. The minimum atomic E-state index is 0.0107. The van der Waals surface area contributed by atoms with Crippen LogP contribution in [0.25, 0.3) is 0 Å². The van der Waals surface area contributed by atoms with Crippen molar-refractivity contribution >= 4 is 17.8 Å². The summed E-state index contributed by atoms with van der Waals surface area (Å²) in [6, 6.07) is 0. The van der Waals surface area contributed by atoms with Crippen molar-refractivity contribution in [2.75, 3.05) is 41.9 Å². The smallest absolute Gasteiger partial charge is 0.243 e. The van der Waals surface area contributed by atoms with Crippen LogP contribution in [0.4, 0.5) is 17.8 Å². The second-order valence-electron chi connectivity index (χ2n) is 5.63. The molecule has 1 aromatic heterocycles. The molecule has 8 heteroatoms. The van der Waals surface area contributed by atoms with Gasteiger partial charge in [0, 0.05) is 25.0 Å². The van der Waals surface area contributed by atoms with Gasteiger partial charge in [-0.15, -0.1) is 0 Å². The summed E-state index contributed by atoms with van der Waals surface area (Å²) in [4.78, 5) is 15.1. The van der Waals surface area contributed by atoms with E-state index >= 15 is 0 Å². The van der Waals surface area contributed by atoms with Crippen LogP contribution in [0.15, 0.2) is 0 Å². The van der Waals surface area contributed by atoms with Gasteiger partial charge in [0.25, 0.3) is 0 Å². The van der Waals surface area contributed by atoms with Crippen molar-refractivity contribution in [2.45, 2.75) is 25.7 Å². The lowest BCUT2D eigenvalue weighted by Gasteiger charge is -2.18. The van der Waals surface area contributed by atoms with Gasteiger partial charge in [-0.3, -0.25) is 5.43 Å². The number of hydrazine groups is 1. The molecule has 20 heavy (non-hydrogen) atoms. The highest BCUT2D eigenvalue weighted by Crippen LogP contribution is 2.44. The van der Waals surface area contributed by atoms with Crippen LogP contribution in [0.3, 0.4) is 0 Å². The molecule has 0 radical (unpaired) electrons. The van der Waals surface area contributed by atoms with E-state index in [1.807, 2.05) is 0 Å². The molecular weight excluding hydrogens is 258 g/mol. The molecule has 1 aliphatic heterocycles. The van der Waals surface area contributed by atoms with Gasteiger partial charge in [-0.2, -0.15) is 15.0 Å². The maximum atomic E-state index is 9.33. The number of nitrogens with two attached hydrogens (primary N) is 1. The van der Waals surface area contributed by atoms with E-state index in [1.54, 1.807) is 0 Å². The molecule has 0 bridgehead atoms. The number of nitrogen functional groups attached to an aromatic ring is 1. The maximum Gasteiger partial charge on any atom is 0.243 e. The Balaban J connectivity index is 1.73. The highest BCUT2D eigenvalue weighted by molar-refractivity contribution is 5.44. The summed E-state index contributed by atoms with van der Waals surface area (Å²) in [7, 11) is 0. The van der Waals surface area contributed by atoms with Crippen LogP contribution in [0.1, 0.15) is 25.7 Å². The summed E-state index contributed by atoms with van der Waals surface area (Å²) in [5.41, 5.74) is 2.49. The third kappa shape index (κ3) is 2.75. The van der Waals surface area contributed by atoms with Gasteiger partial charge < -0.3 is 15.3 Å². The molecule has 1 aromatic rings. The minimum Gasteiger partial charge on any atom is -0.396 e. The minimum absolute atomic E-state index is 0.0107. The average Bonchev–Trinajstić information content (AvgIpc) is 3.06. The van der Waals surface area contributed by atoms with E-state index < -0.39 is 0 Å². The molecule has 1 aliphatic carbocycles. The number of rotatable bonds is 6. The number of hydrogen-bond donors (Lipinski definition) is 4. The lowest BCUT2D eigenvalue weighted by atomic mass is 10.1. The normalized spacial score (nSPS) is 20.0. The maximum absolute atomic E-state index is 9.33. The van der Waals surface area contributed by atoms with E-state index in [0.717, 1.165) is 38.8 Å². The summed E-state index contributed by atoms with van der Waals surface area (Å²) in [5.74, 6) is 6.94. The molecule has 2 heterocycles. The van der Waals surface area contributed by atoms with Crippen molar-refractivity contribution in [1.82, 2.24) is 15.0 Å². The number of nitrogens with one attached hydrogen (secondary N) is 2. The van der Waals surface area contributed by atoms with E-state index in [9.17, 15) is 5.11 Å². The summed E-state index contributed by atoms with van der Waals surface area (Å²) >= 11 is 0. The second-order valence-corrected chi connectivity index (χ2v) is 5.63. The van der Waals surface area contributed by atoms with Crippen molar-refractivity contribution < 1.29 is 5.11 Å². The van der Waals surface area contributed by atoms with Crippen molar-refractivity contribution in [1.29, 1.82) is 0 Å². The third-order valence-electron chi connectivity index (χ3n) is 4.06. The third-order valence-corrected chi connectivity index (χ3v) is 4.06. The Morgan fingerprint density at radius 1 is 1.15 bits per heavy atom. The Hall–Kier alpha value is -1.67. The quantitative estimate of drug-likeness (QED) is 0.423. The molecule has 110 valence electrons. The summed E-state index contributed by atoms with van der Waals surface area (Å²) in [6.45, 7) is 2.81. The Bertz CT molecular complexity index is 471. The van der Waals surface area contributed by atoms with Gasteiger partial charge in [-0.25, -0.2) is 5.84 Å². The van der Waals surface area contributed by atoms with Crippen LogP contribution in [0.5, 0.6) is 0 Å². The second kappa shape index (κ2) is 5.37. The lowest BCUT2D eigenvalue weighted by molar-refractivity contribution is 0.219. The monoisotopic (exact) mass is 279 g/mol. The first-order chi connectivity index (χ1) is 9.74. The molecule has 0 aromatic carbocycles. The Labute approximate surface area is 117 Å². The molecule has 1 saturated heterocycles. The first kappa shape index (κ1) is 13.3. The Kier molecular flexibility index (Phi) is 3.58. The Morgan fingerprint density at radius 2 is 1.85 bits per heavy atom. The number of aliphatic hydroxyl groups is 1. The van der Waals surface area contributed by atoms with Gasteiger partial charge in [-0.1, -0.05) is 0 Å². The van der Waals surface area contributed by atoms with Crippen molar-refractivity contribution in [3.63, 3.8) is 0 Å². The predicted octanol–water partition coefficient (Wildman–Crippen LogP) is -0.0582. The fourth-order valence-corrected chi connectivity index (χ4v) is 2.40. The molecule has 5 N–H and O–H groups in total. The average molecular weight is 279 g/mol. The van der Waals surface area contributed by atoms with E-state index in [1.165, 1.54) is 0 Å². The molecule has 0 spiro atoms. The van der Waals surface area contributed by atoms with Crippen LogP contribution in [-0.4, -0.2) is 46.3 Å². The van der Waals surface area contributed by atoms with Gasteiger partial charge in [-0.05, 0) is 25.7 Å². The zero-order chi connectivity index (χ0) is 14.0. The van der Waals surface area contributed by atoms with Crippen molar-refractivity contribution in [3.05, 3.63) is 0 Å². The first-order valence-corrected chi connectivity index (χ1v) is 7.07. The van der Waals surface area contributed by atoms with Crippen LogP contribution in [-0.2, 0) is 0 Å². The molecule has 2 aliphatic rings. The zero-order valence-electron chi connectivity index (χ0n) is 11.5. The van der Waals surface area contributed by atoms with Crippen LogP contribution >= 0.6 is 0 Å². The molecule has 2 fully saturated rings. The molecule has 0 amide bonds. The largest absolute Gasteiger partial charge is 0.396 e.